The van der Waals surface area contributed by atoms with Crippen LogP contribution in [0.15, 0.2) is 57.2 Å². The Morgan fingerprint density at radius 3 is 2.67 bits per heavy atom. The zero-order chi connectivity index (χ0) is 23.1. The molecule has 1 amide bonds. The molecule has 1 unspecified atom stereocenters. The van der Waals surface area contributed by atoms with Crippen LogP contribution >= 0.6 is 11.3 Å². The molecule has 168 valence electrons. The van der Waals surface area contributed by atoms with Crippen molar-refractivity contribution >= 4 is 33.3 Å². The van der Waals surface area contributed by atoms with E-state index in [1.807, 2.05) is 32.0 Å². The van der Waals surface area contributed by atoms with Crippen LogP contribution in [0, 0.1) is 0 Å². The Kier molecular flexibility index (Phi) is 5.38. The Bertz CT molecular complexity index is 1410. The number of nitrogens with zero attached hydrogens (tertiary/aromatic N) is 2. The van der Waals surface area contributed by atoms with Gasteiger partial charge in [-0.15, -0.1) is 11.3 Å². The highest BCUT2D eigenvalue weighted by Gasteiger charge is 2.45. The van der Waals surface area contributed by atoms with Crippen LogP contribution < -0.4 is 19.8 Å². The largest absolute Gasteiger partial charge is 0.493 e. The third-order valence-corrected chi connectivity index (χ3v) is 6.54. The predicted molar refractivity (Wildman–Crippen MR) is 127 cm³/mol. The van der Waals surface area contributed by atoms with Gasteiger partial charge in [0, 0.05) is 11.6 Å². The maximum Gasteiger partial charge on any atom is 0.297 e. The number of thiazole rings is 1. The number of hydrogen-bond donors (Lipinski definition) is 0. The van der Waals surface area contributed by atoms with Crippen molar-refractivity contribution in [2.45, 2.75) is 26.3 Å². The number of ether oxygens (including phenoxy) is 2. The van der Waals surface area contributed by atoms with Gasteiger partial charge in [0.05, 0.1) is 30.7 Å². The molecule has 2 aromatic carbocycles. The van der Waals surface area contributed by atoms with Gasteiger partial charge in [-0.25, -0.2) is 4.98 Å². The molecule has 0 N–H and O–H groups in total. The second kappa shape index (κ2) is 8.37. The fourth-order valence-electron chi connectivity index (χ4n) is 4.22. The molecule has 0 saturated heterocycles. The number of carbonyl (C=O) groups is 1. The molecule has 7 nitrogen and oxygen atoms in total. The molecule has 0 spiro atoms. The van der Waals surface area contributed by atoms with Crippen molar-refractivity contribution in [1.29, 1.82) is 0 Å². The maximum absolute atomic E-state index is 13.7. The normalized spacial score (nSPS) is 15.2. The van der Waals surface area contributed by atoms with Gasteiger partial charge in [-0.2, -0.15) is 0 Å². The molecular formula is C25H22N2O5S. The summed E-state index contributed by atoms with van der Waals surface area (Å²) in [6.45, 7) is 4.41. The standard InChI is InChI=1S/C25H22N2O5S/c1-4-14-6-8-17-16(12-14)22(28)20-21(15-7-9-18(31-5-2)19(13-15)30-3)27(24(29)23(20)32-17)25-26-10-11-33-25/h6-13,21H,4-5H2,1-3H3. The smallest absolute Gasteiger partial charge is 0.297 e. The van der Waals surface area contributed by atoms with E-state index in [1.165, 1.54) is 16.2 Å². The molecule has 2 aromatic heterocycles. The Morgan fingerprint density at radius 2 is 1.97 bits per heavy atom. The lowest BCUT2D eigenvalue weighted by Gasteiger charge is -2.23. The van der Waals surface area contributed by atoms with Crippen LogP contribution in [0.3, 0.4) is 0 Å². The van der Waals surface area contributed by atoms with Gasteiger partial charge < -0.3 is 13.9 Å². The highest BCUT2D eigenvalue weighted by atomic mass is 32.1. The Labute approximate surface area is 194 Å². The van der Waals surface area contributed by atoms with E-state index < -0.39 is 11.9 Å². The second-order valence-electron chi connectivity index (χ2n) is 7.59. The number of amides is 1. The summed E-state index contributed by atoms with van der Waals surface area (Å²) in [6.07, 6.45) is 2.42. The van der Waals surface area contributed by atoms with E-state index in [2.05, 4.69) is 4.98 Å². The Hall–Kier alpha value is -3.65. The van der Waals surface area contributed by atoms with Crippen molar-refractivity contribution in [3.8, 4) is 11.5 Å². The number of aryl methyl sites for hydroxylation is 1. The molecule has 0 aliphatic carbocycles. The van der Waals surface area contributed by atoms with Gasteiger partial charge in [0.15, 0.2) is 22.1 Å². The minimum absolute atomic E-state index is 0.0461. The fourth-order valence-corrected chi connectivity index (χ4v) is 4.88. The highest BCUT2D eigenvalue weighted by Crippen LogP contribution is 2.43. The number of methoxy groups -OCH3 is 1. The topological polar surface area (TPSA) is 81.9 Å². The van der Waals surface area contributed by atoms with Crippen molar-refractivity contribution in [2.24, 2.45) is 0 Å². The van der Waals surface area contributed by atoms with Gasteiger partial charge in [0.2, 0.25) is 5.76 Å². The first-order chi connectivity index (χ1) is 16.1. The van der Waals surface area contributed by atoms with E-state index in [0.717, 1.165) is 12.0 Å². The molecule has 33 heavy (non-hydrogen) atoms. The third kappa shape index (κ3) is 3.38. The quantitative estimate of drug-likeness (QED) is 0.402. The first-order valence-electron chi connectivity index (χ1n) is 10.7. The van der Waals surface area contributed by atoms with Gasteiger partial charge in [-0.3, -0.25) is 14.5 Å². The lowest BCUT2D eigenvalue weighted by atomic mass is 9.97. The lowest BCUT2D eigenvalue weighted by Crippen LogP contribution is -2.29. The molecule has 8 heteroatoms. The number of benzene rings is 2. The molecule has 1 aliphatic rings. The molecule has 0 fully saturated rings. The maximum atomic E-state index is 13.7. The number of aromatic nitrogens is 1. The van der Waals surface area contributed by atoms with Crippen LogP contribution in [0.1, 0.15) is 47.1 Å². The Balaban J connectivity index is 1.78. The molecule has 4 aromatic rings. The van der Waals surface area contributed by atoms with Crippen LogP contribution in [-0.2, 0) is 6.42 Å². The summed E-state index contributed by atoms with van der Waals surface area (Å²) < 4.78 is 17.2. The molecule has 5 rings (SSSR count). The van der Waals surface area contributed by atoms with Gasteiger partial charge in [0.25, 0.3) is 5.91 Å². The summed E-state index contributed by atoms with van der Waals surface area (Å²) >= 11 is 1.32. The summed E-state index contributed by atoms with van der Waals surface area (Å²) in [7, 11) is 1.56. The number of hydrogen-bond acceptors (Lipinski definition) is 7. The van der Waals surface area contributed by atoms with Gasteiger partial charge in [0.1, 0.15) is 5.58 Å². The number of fused-ring (bicyclic) bond motifs is 2. The van der Waals surface area contributed by atoms with Crippen molar-refractivity contribution in [1.82, 2.24) is 4.98 Å². The molecule has 1 aliphatic heterocycles. The minimum Gasteiger partial charge on any atom is -0.493 e. The minimum atomic E-state index is -0.700. The lowest BCUT2D eigenvalue weighted by molar-refractivity contribution is 0.0971. The molecule has 3 heterocycles. The van der Waals surface area contributed by atoms with Crippen LogP contribution in [0.4, 0.5) is 5.13 Å². The van der Waals surface area contributed by atoms with Crippen molar-refractivity contribution in [3.63, 3.8) is 0 Å². The van der Waals surface area contributed by atoms with E-state index in [-0.39, 0.29) is 11.2 Å². The first kappa shape index (κ1) is 21.2. The van der Waals surface area contributed by atoms with Crippen molar-refractivity contribution < 1.29 is 18.7 Å². The third-order valence-electron chi connectivity index (χ3n) is 5.77. The van der Waals surface area contributed by atoms with E-state index in [0.29, 0.717) is 45.3 Å². The Morgan fingerprint density at radius 1 is 1.12 bits per heavy atom. The number of rotatable bonds is 6. The van der Waals surface area contributed by atoms with Crippen LogP contribution in [0.2, 0.25) is 0 Å². The van der Waals surface area contributed by atoms with Gasteiger partial charge in [-0.1, -0.05) is 19.1 Å². The average Bonchev–Trinajstić information content (AvgIpc) is 3.46. The van der Waals surface area contributed by atoms with Crippen molar-refractivity contribution in [3.05, 3.63) is 80.6 Å². The zero-order valence-corrected chi connectivity index (χ0v) is 19.3. The molecular weight excluding hydrogens is 440 g/mol. The predicted octanol–water partition coefficient (Wildman–Crippen LogP) is 4.97. The molecule has 0 bridgehead atoms. The summed E-state index contributed by atoms with van der Waals surface area (Å²) in [5.74, 6) is 0.765. The SMILES string of the molecule is CCOc1ccc(C2c3c(oc4ccc(CC)cc4c3=O)C(=O)N2c2nccs2)cc1OC. The van der Waals surface area contributed by atoms with Crippen molar-refractivity contribution in [2.75, 3.05) is 18.6 Å². The summed E-state index contributed by atoms with van der Waals surface area (Å²) in [5, 5.41) is 2.74. The molecule has 0 radical (unpaired) electrons. The average molecular weight is 463 g/mol. The van der Waals surface area contributed by atoms with Gasteiger partial charge >= 0.3 is 0 Å². The van der Waals surface area contributed by atoms with Crippen LogP contribution in [0.25, 0.3) is 11.0 Å². The van der Waals surface area contributed by atoms with E-state index in [9.17, 15) is 9.59 Å². The van der Waals surface area contributed by atoms with E-state index in [4.69, 9.17) is 13.9 Å². The second-order valence-corrected chi connectivity index (χ2v) is 8.47. The monoisotopic (exact) mass is 462 g/mol. The zero-order valence-electron chi connectivity index (χ0n) is 18.5. The first-order valence-corrected chi connectivity index (χ1v) is 11.6. The van der Waals surface area contributed by atoms with E-state index >= 15 is 0 Å². The van der Waals surface area contributed by atoms with Crippen LogP contribution in [0.5, 0.6) is 11.5 Å². The fraction of sp³-hybridized carbons (Fsp3) is 0.240. The van der Waals surface area contributed by atoms with E-state index in [1.54, 1.807) is 36.9 Å². The number of anilines is 1. The summed E-state index contributed by atoms with van der Waals surface area (Å²) in [6, 6.07) is 10.2. The highest BCUT2D eigenvalue weighted by molar-refractivity contribution is 7.13. The molecule has 0 saturated carbocycles. The summed E-state index contributed by atoms with van der Waals surface area (Å²) in [4.78, 5) is 33.1. The number of carbonyl (C=O) groups excluding carboxylic acids is 1. The summed E-state index contributed by atoms with van der Waals surface area (Å²) in [5.41, 5.74) is 2.22. The molecule has 1 atom stereocenters. The van der Waals surface area contributed by atoms with Crippen LogP contribution in [-0.4, -0.2) is 24.6 Å². The van der Waals surface area contributed by atoms with Gasteiger partial charge in [-0.05, 0) is 48.7 Å².